The molecule has 0 unspecified atom stereocenters. The Hall–Kier alpha value is -2.50. The molecule has 0 aliphatic heterocycles. The number of anilines is 2. The van der Waals surface area contributed by atoms with Gasteiger partial charge in [-0.2, -0.15) is 0 Å². The molecule has 0 radical (unpaired) electrons. The maximum atomic E-state index is 12.4. The number of nitrogens with one attached hydrogen (secondary N) is 1. The van der Waals surface area contributed by atoms with Crippen LogP contribution in [0, 0.1) is 0 Å². The lowest BCUT2D eigenvalue weighted by Crippen LogP contribution is -2.09. The lowest BCUT2D eigenvalue weighted by atomic mass is 10.1. The Balaban J connectivity index is 2.20. The summed E-state index contributed by atoms with van der Waals surface area (Å²) < 4.78 is 10.4. The predicted octanol–water partition coefficient (Wildman–Crippen LogP) is 5.47. The van der Waals surface area contributed by atoms with Gasteiger partial charge in [0.05, 0.1) is 29.9 Å². The summed E-state index contributed by atoms with van der Waals surface area (Å²) in [5.74, 6) is 0.200. The average Bonchev–Trinajstić information content (AvgIpc) is 2.62. The summed E-state index contributed by atoms with van der Waals surface area (Å²) in [5, 5.41) is 4.71. The summed E-state index contributed by atoms with van der Waals surface area (Å²) in [6, 6.07) is 10.7. The zero-order chi connectivity index (χ0) is 18.7. The van der Waals surface area contributed by atoms with Gasteiger partial charge in [-0.1, -0.05) is 29.3 Å². The molecule has 0 bridgehead atoms. The van der Waals surface area contributed by atoms with Crippen molar-refractivity contribution >= 4 is 51.4 Å². The molecule has 0 fully saturated rings. The number of hydrogen-bond donors (Lipinski definition) is 1. The zero-order valence-corrected chi connectivity index (χ0v) is 15.7. The number of carbonyl (C=O) groups is 1. The highest BCUT2D eigenvalue weighted by Crippen LogP contribution is 2.35. The monoisotopic (exact) mass is 390 g/mol. The number of ether oxygens (including phenoxy) is 2. The second-order valence-electron chi connectivity index (χ2n) is 5.41. The van der Waals surface area contributed by atoms with E-state index in [0.29, 0.717) is 37.9 Å². The Morgan fingerprint density at radius 3 is 2.77 bits per heavy atom. The van der Waals surface area contributed by atoms with Gasteiger partial charge < -0.3 is 14.8 Å². The lowest BCUT2D eigenvalue weighted by molar-refractivity contribution is 0.0527. The minimum absolute atomic E-state index is 0.256. The molecule has 26 heavy (non-hydrogen) atoms. The molecular weight excluding hydrogens is 375 g/mol. The van der Waals surface area contributed by atoms with Gasteiger partial charge >= 0.3 is 5.97 Å². The van der Waals surface area contributed by atoms with Crippen molar-refractivity contribution in [2.45, 2.75) is 6.92 Å². The first kappa shape index (κ1) is 18.3. The third-order valence-electron chi connectivity index (χ3n) is 3.72. The van der Waals surface area contributed by atoms with Crippen molar-refractivity contribution in [1.82, 2.24) is 4.98 Å². The van der Waals surface area contributed by atoms with Gasteiger partial charge in [-0.25, -0.2) is 4.79 Å². The minimum atomic E-state index is -0.483. The average molecular weight is 391 g/mol. The lowest BCUT2D eigenvalue weighted by Gasteiger charge is -2.15. The van der Waals surface area contributed by atoms with Gasteiger partial charge in [0.1, 0.15) is 11.3 Å². The van der Waals surface area contributed by atoms with Crippen LogP contribution in [0.25, 0.3) is 10.9 Å². The van der Waals surface area contributed by atoms with Crippen molar-refractivity contribution in [3.8, 4) is 5.75 Å². The van der Waals surface area contributed by atoms with E-state index in [0.717, 1.165) is 5.69 Å². The number of pyridine rings is 1. The van der Waals surface area contributed by atoms with Gasteiger partial charge in [0, 0.05) is 28.4 Å². The van der Waals surface area contributed by atoms with E-state index in [1.165, 1.54) is 6.20 Å². The van der Waals surface area contributed by atoms with Gasteiger partial charge in [-0.05, 0) is 31.2 Å². The summed E-state index contributed by atoms with van der Waals surface area (Å²) in [7, 11) is 1.59. The molecule has 1 aromatic heterocycles. The van der Waals surface area contributed by atoms with E-state index in [2.05, 4.69) is 10.3 Å². The number of carbonyl (C=O) groups excluding carboxylic acids is 1. The van der Waals surface area contributed by atoms with Crippen molar-refractivity contribution in [1.29, 1.82) is 0 Å². The Bertz CT molecular complexity index is 976. The van der Waals surface area contributed by atoms with E-state index in [9.17, 15) is 4.79 Å². The quantitative estimate of drug-likeness (QED) is 0.585. The van der Waals surface area contributed by atoms with Crippen molar-refractivity contribution in [3.63, 3.8) is 0 Å². The summed E-state index contributed by atoms with van der Waals surface area (Å²) >= 11 is 12.4. The molecule has 3 rings (SSSR count). The maximum Gasteiger partial charge on any atom is 0.341 e. The van der Waals surface area contributed by atoms with Gasteiger partial charge in [-0.15, -0.1) is 0 Å². The molecule has 0 atom stereocenters. The number of fused-ring (bicyclic) bond motifs is 1. The Kier molecular flexibility index (Phi) is 5.49. The first-order valence-electron chi connectivity index (χ1n) is 7.89. The Labute approximate surface area is 160 Å². The van der Waals surface area contributed by atoms with Crippen molar-refractivity contribution in [2.24, 2.45) is 0 Å². The minimum Gasteiger partial charge on any atom is -0.497 e. The third-order valence-corrected chi connectivity index (χ3v) is 4.23. The maximum absolute atomic E-state index is 12.4. The van der Waals surface area contributed by atoms with Crippen LogP contribution < -0.4 is 10.1 Å². The molecule has 0 aliphatic rings. The fourth-order valence-corrected chi connectivity index (χ4v) is 3.11. The summed E-state index contributed by atoms with van der Waals surface area (Å²) in [6.45, 7) is 2.00. The van der Waals surface area contributed by atoms with E-state index < -0.39 is 5.97 Å². The van der Waals surface area contributed by atoms with E-state index in [4.69, 9.17) is 32.7 Å². The molecule has 2 aromatic carbocycles. The van der Waals surface area contributed by atoms with Crippen LogP contribution >= 0.6 is 23.2 Å². The standard InChI is InChI=1S/C19H16Cl2N2O3/c1-3-26-19(24)15-10-22-18-14(7-11(20)8-16(18)21)17(15)23-12-5-4-6-13(9-12)25-2/h4-10H,3H2,1-2H3,(H,22,23). The SMILES string of the molecule is CCOC(=O)c1cnc2c(Cl)cc(Cl)cc2c1Nc1cccc(OC)c1. The second-order valence-corrected chi connectivity index (χ2v) is 6.25. The highest BCUT2D eigenvalue weighted by atomic mass is 35.5. The Morgan fingerprint density at radius 1 is 1.23 bits per heavy atom. The molecule has 0 spiro atoms. The predicted molar refractivity (Wildman–Crippen MR) is 104 cm³/mol. The first-order valence-corrected chi connectivity index (χ1v) is 8.65. The van der Waals surface area contributed by atoms with Crippen LogP contribution in [-0.2, 0) is 4.74 Å². The first-order chi connectivity index (χ1) is 12.5. The second kappa shape index (κ2) is 7.81. The number of halogens is 2. The Morgan fingerprint density at radius 2 is 2.04 bits per heavy atom. The van der Waals surface area contributed by atoms with Crippen LogP contribution in [0.3, 0.4) is 0 Å². The number of hydrogen-bond acceptors (Lipinski definition) is 5. The number of esters is 1. The molecule has 1 heterocycles. The molecule has 0 amide bonds. The number of rotatable bonds is 5. The highest BCUT2D eigenvalue weighted by molar-refractivity contribution is 6.38. The number of aromatic nitrogens is 1. The van der Waals surface area contributed by atoms with Gasteiger partial charge in [0.2, 0.25) is 0 Å². The normalized spacial score (nSPS) is 10.6. The van der Waals surface area contributed by atoms with E-state index in [1.54, 1.807) is 26.2 Å². The highest BCUT2D eigenvalue weighted by Gasteiger charge is 2.19. The van der Waals surface area contributed by atoms with Gasteiger partial charge in [0.15, 0.2) is 0 Å². The number of methoxy groups -OCH3 is 1. The fraction of sp³-hybridized carbons (Fsp3) is 0.158. The van der Waals surface area contributed by atoms with E-state index in [1.807, 2.05) is 24.3 Å². The van der Waals surface area contributed by atoms with E-state index >= 15 is 0 Å². The zero-order valence-electron chi connectivity index (χ0n) is 14.2. The van der Waals surface area contributed by atoms with Crippen LogP contribution in [0.5, 0.6) is 5.75 Å². The molecule has 134 valence electrons. The van der Waals surface area contributed by atoms with E-state index in [-0.39, 0.29) is 6.61 Å². The van der Waals surface area contributed by atoms with Crippen molar-refractivity contribution in [2.75, 3.05) is 19.0 Å². The van der Waals surface area contributed by atoms with Crippen molar-refractivity contribution in [3.05, 3.63) is 58.2 Å². The third kappa shape index (κ3) is 3.69. The largest absolute Gasteiger partial charge is 0.497 e. The van der Waals surface area contributed by atoms with Crippen LogP contribution in [0.2, 0.25) is 10.0 Å². The molecule has 7 heteroatoms. The van der Waals surface area contributed by atoms with Gasteiger partial charge in [-0.3, -0.25) is 4.98 Å². The van der Waals surface area contributed by atoms with Crippen LogP contribution in [0.1, 0.15) is 17.3 Å². The topological polar surface area (TPSA) is 60.5 Å². The summed E-state index contributed by atoms with van der Waals surface area (Å²) in [4.78, 5) is 16.7. The van der Waals surface area contributed by atoms with Gasteiger partial charge in [0.25, 0.3) is 0 Å². The summed E-state index contributed by atoms with van der Waals surface area (Å²) in [6.07, 6.45) is 1.45. The molecule has 5 nitrogen and oxygen atoms in total. The smallest absolute Gasteiger partial charge is 0.341 e. The van der Waals surface area contributed by atoms with Crippen LogP contribution in [0.4, 0.5) is 11.4 Å². The molecule has 0 saturated heterocycles. The van der Waals surface area contributed by atoms with Crippen molar-refractivity contribution < 1.29 is 14.3 Å². The number of nitrogens with zero attached hydrogens (tertiary/aromatic N) is 1. The fourth-order valence-electron chi connectivity index (χ4n) is 2.57. The molecular formula is C19H16Cl2N2O3. The molecule has 0 aliphatic carbocycles. The number of benzene rings is 2. The molecule has 1 N–H and O–H groups in total. The van der Waals surface area contributed by atoms with Crippen LogP contribution in [0.15, 0.2) is 42.6 Å². The molecule has 0 saturated carbocycles. The van der Waals surface area contributed by atoms with Crippen LogP contribution in [-0.4, -0.2) is 24.7 Å². The summed E-state index contributed by atoms with van der Waals surface area (Å²) in [5.41, 5.74) is 2.08. The molecule has 3 aromatic rings.